The number of benzene rings is 3. The number of ether oxygens (including phenoxy) is 7. The van der Waals surface area contributed by atoms with Crippen LogP contribution in [-0.2, 0) is 0 Å². The van der Waals surface area contributed by atoms with Gasteiger partial charge < -0.3 is 33.2 Å². The maximum absolute atomic E-state index is 12.9. The molecule has 0 spiro atoms. The summed E-state index contributed by atoms with van der Waals surface area (Å²) < 4.78 is 37.3. The van der Waals surface area contributed by atoms with Crippen LogP contribution >= 0.6 is 0 Å². The third-order valence-corrected chi connectivity index (χ3v) is 5.39. The molecule has 0 amide bonds. The second-order valence-corrected chi connectivity index (χ2v) is 7.48. The minimum Gasteiger partial charge on any atom is -0.497 e. The zero-order valence-corrected chi connectivity index (χ0v) is 21.4. The van der Waals surface area contributed by atoms with Crippen LogP contribution in [-0.4, -0.2) is 54.4 Å². The summed E-state index contributed by atoms with van der Waals surface area (Å²) in [6.07, 6.45) is 3.04. The van der Waals surface area contributed by atoms with E-state index >= 15 is 0 Å². The number of hydrogen-bond donors (Lipinski definition) is 0. The minimum atomic E-state index is -0.650. The van der Waals surface area contributed by atoms with E-state index in [2.05, 4.69) is 0 Å². The first-order chi connectivity index (χ1) is 17.9. The minimum absolute atomic E-state index is 0.194. The van der Waals surface area contributed by atoms with Crippen LogP contribution in [0.25, 0.3) is 6.08 Å². The number of esters is 1. The maximum atomic E-state index is 12.9. The molecule has 0 aliphatic rings. The highest BCUT2D eigenvalue weighted by molar-refractivity contribution is 6.08. The predicted molar refractivity (Wildman–Crippen MR) is 137 cm³/mol. The van der Waals surface area contributed by atoms with Crippen molar-refractivity contribution in [3.8, 4) is 40.2 Å². The van der Waals surface area contributed by atoms with E-state index in [1.807, 2.05) is 0 Å². The molecule has 9 nitrogen and oxygen atoms in total. The number of carbonyl (C=O) groups excluding carboxylic acids is 2. The Balaban J connectivity index is 1.81. The first-order valence-corrected chi connectivity index (χ1v) is 11.0. The average Bonchev–Trinajstić information content (AvgIpc) is 2.94. The van der Waals surface area contributed by atoms with E-state index in [0.717, 1.165) is 0 Å². The molecule has 9 heteroatoms. The van der Waals surface area contributed by atoms with Crippen LogP contribution in [0.15, 0.2) is 54.6 Å². The number of allylic oxidation sites excluding steroid dienone is 1. The Morgan fingerprint density at radius 1 is 0.622 bits per heavy atom. The number of carbonyl (C=O) groups is 2. The summed E-state index contributed by atoms with van der Waals surface area (Å²) in [4.78, 5) is 25.6. The molecule has 0 fully saturated rings. The Bertz CT molecular complexity index is 1290. The van der Waals surface area contributed by atoms with E-state index in [1.165, 1.54) is 60.9 Å². The fraction of sp³-hybridized carbons (Fsp3) is 0.214. The normalized spacial score (nSPS) is 10.5. The molecular weight excluding hydrogens is 480 g/mol. The van der Waals surface area contributed by atoms with Gasteiger partial charge in [0, 0.05) is 6.07 Å². The van der Waals surface area contributed by atoms with Crippen molar-refractivity contribution >= 4 is 17.8 Å². The molecule has 0 saturated heterocycles. The maximum Gasteiger partial charge on any atom is 0.343 e. The Labute approximate surface area is 215 Å². The zero-order chi connectivity index (χ0) is 26.9. The van der Waals surface area contributed by atoms with Gasteiger partial charge >= 0.3 is 5.97 Å². The average molecular weight is 509 g/mol. The molecule has 194 valence electrons. The molecule has 3 aromatic carbocycles. The van der Waals surface area contributed by atoms with Crippen molar-refractivity contribution in [1.82, 2.24) is 0 Å². The van der Waals surface area contributed by atoms with E-state index in [-0.39, 0.29) is 17.1 Å². The third-order valence-electron chi connectivity index (χ3n) is 5.39. The van der Waals surface area contributed by atoms with Gasteiger partial charge in [-0.1, -0.05) is 12.1 Å². The lowest BCUT2D eigenvalue weighted by Gasteiger charge is -2.14. The lowest BCUT2D eigenvalue weighted by atomic mass is 10.1. The molecule has 0 radical (unpaired) electrons. The van der Waals surface area contributed by atoms with Gasteiger partial charge in [-0.05, 0) is 48.0 Å². The molecule has 3 aromatic rings. The lowest BCUT2D eigenvalue weighted by molar-refractivity contribution is 0.0728. The predicted octanol–water partition coefficient (Wildman–Crippen LogP) is 4.85. The van der Waals surface area contributed by atoms with Crippen LogP contribution in [0.1, 0.15) is 26.3 Å². The molecule has 0 aliphatic heterocycles. The molecule has 3 rings (SSSR count). The summed E-state index contributed by atoms with van der Waals surface area (Å²) in [5, 5.41) is 0. The van der Waals surface area contributed by atoms with Crippen LogP contribution in [0, 0.1) is 0 Å². The zero-order valence-electron chi connectivity index (χ0n) is 21.4. The Morgan fingerprint density at radius 3 is 1.84 bits per heavy atom. The van der Waals surface area contributed by atoms with Gasteiger partial charge in [0.15, 0.2) is 28.8 Å². The van der Waals surface area contributed by atoms with Crippen LogP contribution in [0.2, 0.25) is 0 Å². The SMILES string of the molecule is COc1ccc(C(=O)/C=C/c2ccc(OC(=O)c3cc(OC)c(OC)c(OC)c3)c(OC)c2)c(OC)c1. The Kier molecular flexibility index (Phi) is 8.99. The van der Waals surface area contributed by atoms with Gasteiger partial charge in [-0.15, -0.1) is 0 Å². The molecule has 0 saturated carbocycles. The highest BCUT2D eigenvalue weighted by Crippen LogP contribution is 2.39. The second-order valence-electron chi connectivity index (χ2n) is 7.48. The van der Waals surface area contributed by atoms with Gasteiger partial charge in [-0.25, -0.2) is 4.79 Å². The summed E-state index contributed by atoms with van der Waals surface area (Å²) in [5.74, 6) is 1.58. The van der Waals surface area contributed by atoms with Crippen molar-refractivity contribution < 1.29 is 42.7 Å². The van der Waals surface area contributed by atoms with Crippen molar-refractivity contribution in [3.05, 3.63) is 71.3 Å². The third kappa shape index (κ3) is 6.13. The Hall–Kier alpha value is -4.66. The van der Waals surface area contributed by atoms with Crippen LogP contribution in [0.5, 0.6) is 40.2 Å². The van der Waals surface area contributed by atoms with Crippen molar-refractivity contribution in [3.63, 3.8) is 0 Å². The number of methoxy groups -OCH3 is 6. The van der Waals surface area contributed by atoms with Gasteiger partial charge in [0.05, 0.1) is 53.8 Å². The number of hydrogen-bond acceptors (Lipinski definition) is 9. The van der Waals surface area contributed by atoms with Gasteiger partial charge in [0.25, 0.3) is 0 Å². The largest absolute Gasteiger partial charge is 0.497 e. The molecule has 0 N–H and O–H groups in total. The van der Waals surface area contributed by atoms with Crippen molar-refractivity contribution in [2.75, 3.05) is 42.7 Å². The number of rotatable bonds is 11. The summed E-state index contributed by atoms with van der Waals surface area (Å²) in [5.41, 5.74) is 1.24. The molecule has 0 aromatic heterocycles. The van der Waals surface area contributed by atoms with Crippen molar-refractivity contribution in [2.45, 2.75) is 0 Å². The summed E-state index contributed by atoms with van der Waals surface area (Å²) >= 11 is 0. The standard InChI is InChI=1S/C28H28O9/c1-31-19-9-10-20(23(16-19)32-2)21(29)11-7-17-8-12-22(24(13-17)33-3)37-28(30)18-14-25(34-4)27(36-6)26(15-18)35-5/h7-16H,1-6H3/b11-7+. The lowest BCUT2D eigenvalue weighted by Crippen LogP contribution is -2.10. The highest BCUT2D eigenvalue weighted by atomic mass is 16.6. The Morgan fingerprint density at radius 2 is 1.27 bits per heavy atom. The van der Waals surface area contributed by atoms with Gasteiger partial charge in [0.2, 0.25) is 5.75 Å². The molecule has 0 heterocycles. The molecule has 0 aliphatic carbocycles. The van der Waals surface area contributed by atoms with Gasteiger partial charge in [0.1, 0.15) is 11.5 Å². The monoisotopic (exact) mass is 508 g/mol. The molecule has 0 atom stereocenters. The summed E-state index contributed by atoms with van der Waals surface area (Å²) in [7, 11) is 8.86. The van der Waals surface area contributed by atoms with Gasteiger partial charge in [-0.2, -0.15) is 0 Å². The smallest absolute Gasteiger partial charge is 0.343 e. The van der Waals surface area contributed by atoms with Crippen molar-refractivity contribution in [1.29, 1.82) is 0 Å². The fourth-order valence-electron chi connectivity index (χ4n) is 3.49. The van der Waals surface area contributed by atoms with Crippen LogP contribution in [0.3, 0.4) is 0 Å². The molecule has 0 unspecified atom stereocenters. The molecule has 37 heavy (non-hydrogen) atoms. The van der Waals surface area contributed by atoms with E-state index < -0.39 is 5.97 Å². The van der Waals surface area contributed by atoms with Crippen molar-refractivity contribution in [2.24, 2.45) is 0 Å². The molecular formula is C28H28O9. The first-order valence-electron chi connectivity index (χ1n) is 11.0. The second kappa shape index (κ2) is 12.3. The van der Waals surface area contributed by atoms with E-state index in [1.54, 1.807) is 42.5 Å². The quantitative estimate of drug-likeness (QED) is 0.156. The topological polar surface area (TPSA) is 98.8 Å². The molecule has 0 bridgehead atoms. The van der Waals surface area contributed by atoms with Crippen LogP contribution < -0.4 is 33.2 Å². The van der Waals surface area contributed by atoms with Crippen LogP contribution in [0.4, 0.5) is 0 Å². The fourth-order valence-corrected chi connectivity index (χ4v) is 3.49. The van der Waals surface area contributed by atoms with Gasteiger partial charge in [-0.3, -0.25) is 4.79 Å². The summed E-state index contributed by atoms with van der Waals surface area (Å²) in [6, 6.07) is 12.9. The van der Waals surface area contributed by atoms with E-state index in [0.29, 0.717) is 45.6 Å². The van der Waals surface area contributed by atoms with E-state index in [4.69, 9.17) is 33.2 Å². The number of ketones is 1. The first kappa shape index (κ1) is 26.9. The summed E-state index contributed by atoms with van der Waals surface area (Å²) in [6.45, 7) is 0. The highest BCUT2D eigenvalue weighted by Gasteiger charge is 2.20. The van der Waals surface area contributed by atoms with E-state index in [9.17, 15) is 9.59 Å².